The number of carbonyl (C=O) groups excluding carboxylic acids is 1. The molecule has 1 aromatic rings. The summed E-state index contributed by atoms with van der Waals surface area (Å²) in [5.41, 5.74) is 1.48. The van der Waals surface area contributed by atoms with Crippen LogP contribution >= 0.6 is 0 Å². The first-order valence-corrected chi connectivity index (χ1v) is 13.0. The maximum absolute atomic E-state index is 13.8. The Morgan fingerprint density at radius 2 is 1.68 bits per heavy atom. The molecular weight excluding hydrogens is 382 g/mol. The predicted molar refractivity (Wildman–Crippen MR) is 128 cm³/mol. The minimum absolute atomic E-state index is 0.0841. The van der Waals surface area contributed by atoms with Gasteiger partial charge in [-0.25, -0.2) is 4.79 Å². The Morgan fingerprint density at radius 3 is 2.39 bits per heavy atom. The maximum Gasteiger partial charge on any atom is 0.320 e. The monoisotopic (exact) mass is 425 g/mol. The average molecular weight is 426 g/mol. The van der Waals surface area contributed by atoms with Crippen LogP contribution in [0.4, 0.5) is 4.79 Å². The predicted octanol–water partition coefficient (Wildman–Crippen LogP) is 5.92. The van der Waals surface area contributed by atoms with E-state index in [4.69, 9.17) is 0 Å². The molecule has 0 atom stereocenters. The van der Waals surface area contributed by atoms with Crippen molar-refractivity contribution in [2.45, 2.75) is 89.6 Å². The van der Waals surface area contributed by atoms with Crippen LogP contribution in [0, 0.1) is 5.92 Å². The van der Waals surface area contributed by atoms with E-state index in [0.29, 0.717) is 6.03 Å². The van der Waals surface area contributed by atoms with Gasteiger partial charge in [0.05, 0.1) is 0 Å². The van der Waals surface area contributed by atoms with Gasteiger partial charge in [0.1, 0.15) is 0 Å². The zero-order valence-electron chi connectivity index (χ0n) is 19.7. The van der Waals surface area contributed by atoms with Crippen LogP contribution < -0.4 is 0 Å². The molecule has 2 aliphatic heterocycles. The number of carbonyl (C=O) groups is 1. The molecule has 1 spiro atoms. The minimum Gasteiger partial charge on any atom is -0.324 e. The van der Waals surface area contributed by atoms with E-state index in [0.717, 1.165) is 70.9 Å². The molecule has 0 radical (unpaired) electrons. The number of nitrogens with zero attached hydrogens (tertiary/aromatic N) is 3. The third-order valence-electron chi connectivity index (χ3n) is 8.12. The fourth-order valence-corrected chi connectivity index (χ4v) is 6.19. The summed E-state index contributed by atoms with van der Waals surface area (Å²) in [5, 5.41) is 0. The summed E-state index contributed by atoms with van der Waals surface area (Å²) in [6, 6.07) is 11.2. The third-order valence-corrected chi connectivity index (χ3v) is 8.12. The highest BCUT2D eigenvalue weighted by Gasteiger charge is 2.44. The normalized spacial score (nSPS) is 23.3. The van der Waals surface area contributed by atoms with Crippen molar-refractivity contribution in [3.63, 3.8) is 0 Å². The lowest BCUT2D eigenvalue weighted by Crippen LogP contribution is -2.59. The van der Waals surface area contributed by atoms with Crippen LogP contribution in [0.3, 0.4) is 0 Å². The van der Waals surface area contributed by atoms with Crippen LogP contribution in [0.5, 0.6) is 0 Å². The topological polar surface area (TPSA) is 26.8 Å². The number of piperidine rings is 1. The Balaban J connectivity index is 1.42. The molecule has 1 saturated carbocycles. The Kier molecular flexibility index (Phi) is 7.92. The van der Waals surface area contributed by atoms with Gasteiger partial charge in [-0.05, 0) is 56.4 Å². The average Bonchev–Trinajstić information content (AvgIpc) is 2.92. The molecule has 31 heavy (non-hydrogen) atoms. The van der Waals surface area contributed by atoms with Crippen molar-refractivity contribution in [2.75, 3.05) is 32.7 Å². The molecule has 172 valence electrons. The fraction of sp³-hybridized carbons (Fsp3) is 0.741. The highest BCUT2D eigenvalue weighted by Crippen LogP contribution is 2.38. The van der Waals surface area contributed by atoms with Crippen LogP contribution in [-0.2, 0) is 6.54 Å². The van der Waals surface area contributed by atoms with Crippen molar-refractivity contribution in [2.24, 2.45) is 5.92 Å². The van der Waals surface area contributed by atoms with Crippen LogP contribution in [0.15, 0.2) is 30.3 Å². The molecular formula is C27H43N3O. The summed E-state index contributed by atoms with van der Waals surface area (Å²) in [5.74, 6) is 0.729. The summed E-state index contributed by atoms with van der Waals surface area (Å²) in [7, 11) is 0. The van der Waals surface area contributed by atoms with E-state index in [1.165, 1.54) is 50.5 Å². The number of urea groups is 1. The van der Waals surface area contributed by atoms with E-state index in [-0.39, 0.29) is 5.54 Å². The zero-order valence-corrected chi connectivity index (χ0v) is 19.7. The van der Waals surface area contributed by atoms with Gasteiger partial charge in [0.2, 0.25) is 0 Å². The molecule has 0 aromatic heterocycles. The first kappa shape index (κ1) is 22.6. The second kappa shape index (κ2) is 10.8. The van der Waals surface area contributed by atoms with Crippen molar-refractivity contribution in [1.29, 1.82) is 0 Å². The molecule has 4 rings (SSSR count). The molecule has 4 heteroatoms. The number of benzene rings is 1. The van der Waals surface area contributed by atoms with Gasteiger partial charge >= 0.3 is 6.03 Å². The largest absolute Gasteiger partial charge is 0.324 e. The van der Waals surface area contributed by atoms with E-state index in [9.17, 15) is 4.79 Å². The second-order valence-electron chi connectivity index (χ2n) is 10.3. The van der Waals surface area contributed by atoms with Crippen LogP contribution in [0.2, 0.25) is 0 Å². The molecule has 3 fully saturated rings. The van der Waals surface area contributed by atoms with Gasteiger partial charge in [0.15, 0.2) is 0 Å². The van der Waals surface area contributed by atoms with Crippen molar-refractivity contribution in [1.82, 2.24) is 14.7 Å². The lowest BCUT2D eigenvalue weighted by Gasteiger charge is -2.49. The van der Waals surface area contributed by atoms with Crippen LogP contribution in [0.1, 0.15) is 83.1 Å². The lowest BCUT2D eigenvalue weighted by atomic mass is 9.81. The highest BCUT2D eigenvalue weighted by molar-refractivity contribution is 5.76. The molecule has 1 aromatic carbocycles. The van der Waals surface area contributed by atoms with Crippen molar-refractivity contribution >= 4 is 6.03 Å². The second-order valence-corrected chi connectivity index (χ2v) is 10.3. The van der Waals surface area contributed by atoms with Gasteiger partial charge in [0.25, 0.3) is 0 Å². The van der Waals surface area contributed by atoms with E-state index >= 15 is 0 Å². The maximum atomic E-state index is 13.8. The fourth-order valence-electron chi connectivity index (χ4n) is 6.19. The summed E-state index contributed by atoms with van der Waals surface area (Å²) < 4.78 is 0. The van der Waals surface area contributed by atoms with E-state index < -0.39 is 0 Å². The van der Waals surface area contributed by atoms with Crippen molar-refractivity contribution < 1.29 is 4.79 Å². The molecule has 0 unspecified atom stereocenters. The molecule has 3 aliphatic rings. The number of hydrogen-bond acceptors (Lipinski definition) is 2. The van der Waals surface area contributed by atoms with Gasteiger partial charge in [-0.15, -0.1) is 0 Å². The quantitative estimate of drug-likeness (QED) is 0.542. The SMILES string of the molecule is CCCCN1C(=O)N(CC2CCCCC2)CCCC12CCN(Cc1ccccc1)CC2. The van der Waals surface area contributed by atoms with Crippen molar-refractivity contribution in [3.05, 3.63) is 35.9 Å². The Bertz CT molecular complexity index is 677. The molecule has 0 bridgehead atoms. The Morgan fingerprint density at radius 1 is 0.935 bits per heavy atom. The first-order chi connectivity index (χ1) is 15.2. The van der Waals surface area contributed by atoms with Crippen molar-refractivity contribution in [3.8, 4) is 0 Å². The summed E-state index contributed by atoms with van der Waals surface area (Å²) in [4.78, 5) is 21.0. The molecule has 0 N–H and O–H groups in total. The summed E-state index contributed by atoms with van der Waals surface area (Å²) in [6.45, 7) is 8.39. The smallest absolute Gasteiger partial charge is 0.320 e. The van der Waals surface area contributed by atoms with Gasteiger partial charge in [-0.2, -0.15) is 0 Å². The third kappa shape index (κ3) is 5.63. The van der Waals surface area contributed by atoms with Gasteiger partial charge in [-0.1, -0.05) is 62.9 Å². The van der Waals surface area contributed by atoms with Crippen LogP contribution in [-0.4, -0.2) is 59.0 Å². The number of likely N-dealkylation sites (tertiary alicyclic amines) is 1. The zero-order chi connectivity index (χ0) is 21.5. The number of hydrogen-bond donors (Lipinski definition) is 0. The number of unbranched alkanes of at least 4 members (excludes halogenated alkanes) is 1. The van der Waals surface area contributed by atoms with Gasteiger partial charge in [-0.3, -0.25) is 4.90 Å². The molecule has 2 heterocycles. The van der Waals surface area contributed by atoms with E-state index in [2.05, 4.69) is 52.0 Å². The summed E-state index contributed by atoms with van der Waals surface area (Å²) >= 11 is 0. The minimum atomic E-state index is 0.0841. The standard InChI is InChI=1S/C27H43N3O/c1-2-3-19-30-26(31)29(23-25-13-8-5-9-14-25)18-10-15-27(30)16-20-28(21-17-27)22-24-11-6-4-7-12-24/h4,6-7,11-12,25H,2-3,5,8-10,13-23H2,1H3. The molecule has 2 amide bonds. The van der Waals surface area contributed by atoms with Gasteiger partial charge < -0.3 is 9.80 Å². The summed E-state index contributed by atoms with van der Waals surface area (Å²) in [6.07, 6.45) is 13.6. The Labute approximate surface area is 190 Å². The van der Waals surface area contributed by atoms with E-state index in [1.807, 2.05) is 0 Å². The number of amides is 2. The van der Waals surface area contributed by atoms with Gasteiger partial charge in [0, 0.05) is 44.8 Å². The number of rotatable bonds is 7. The lowest BCUT2D eigenvalue weighted by molar-refractivity contribution is 0.0336. The first-order valence-electron chi connectivity index (χ1n) is 13.0. The highest BCUT2D eigenvalue weighted by atomic mass is 16.2. The van der Waals surface area contributed by atoms with E-state index in [1.54, 1.807) is 0 Å². The molecule has 1 aliphatic carbocycles. The molecule has 2 saturated heterocycles. The Hall–Kier alpha value is -1.55. The van der Waals surface area contributed by atoms with Crippen LogP contribution in [0.25, 0.3) is 0 Å². The molecule has 4 nitrogen and oxygen atoms in total.